The maximum atomic E-state index is 12.5. The topological polar surface area (TPSA) is 144 Å². The molecule has 2 fully saturated rings. The quantitative estimate of drug-likeness (QED) is 0.327. The molecule has 12 nitrogen and oxygen atoms in total. The van der Waals surface area contributed by atoms with Crippen LogP contribution in [0.15, 0.2) is 36.9 Å². The van der Waals surface area contributed by atoms with Crippen molar-refractivity contribution >= 4 is 38.4 Å². The number of aliphatic hydroxyl groups is 1. The van der Waals surface area contributed by atoms with Crippen LogP contribution < -0.4 is 10.2 Å². The Kier molecular flexibility index (Phi) is 6.06. The van der Waals surface area contributed by atoms with E-state index in [1.54, 1.807) is 12.3 Å². The summed E-state index contributed by atoms with van der Waals surface area (Å²) in [5.74, 6) is 2.64. The Labute approximate surface area is 220 Å². The number of aliphatic hydroxyl groups excluding tert-OH is 1. The highest BCUT2D eigenvalue weighted by Gasteiger charge is 2.38. The summed E-state index contributed by atoms with van der Waals surface area (Å²) in [6.45, 7) is 7.64. The van der Waals surface area contributed by atoms with Gasteiger partial charge in [-0.2, -0.15) is 14.3 Å². The monoisotopic (exact) mass is 537 g/mol. The van der Waals surface area contributed by atoms with Crippen LogP contribution in [0.5, 0.6) is 0 Å². The number of pyridine rings is 1. The molecule has 5 heterocycles. The molecule has 4 aromatic rings. The van der Waals surface area contributed by atoms with Crippen LogP contribution in [0.2, 0.25) is 0 Å². The van der Waals surface area contributed by atoms with Crippen LogP contribution in [0.25, 0.3) is 22.3 Å². The van der Waals surface area contributed by atoms with E-state index < -0.39 is 10.0 Å². The minimum atomic E-state index is -3.46. The maximum Gasteiger partial charge on any atom is 0.256 e. The minimum Gasteiger partial charge on any atom is -0.393 e. The van der Waals surface area contributed by atoms with E-state index in [1.807, 2.05) is 23.9 Å². The summed E-state index contributed by atoms with van der Waals surface area (Å²) in [7, 11) is -3.46. The predicted molar refractivity (Wildman–Crippen MR) is 144 cm³/mol. The Morgan fingerprint density at radius 2 is 1.95 bits per heavy atom. The van der Waals surface area contributed by atoms with Crippen LogP contribution in [-0.4, -0.2) is 71.9 Å². The first kappa shape index (κ1) is 24.7. The molecule has 2 N–H and O–H groups in total. The van der Waals surface area contributed by atoms with Gasteiger partial charge in [-0.1, -0.05) is 6.92 Å². The lowest BCUT2D eigenvalue weighted by atomic mass is 9.95. The second-order valence-electron chi connectivity index (χ2n) is 10.3. The first-order valence-electron chi connectivity index (χ1n) is 13.0. The molecule has 0 spiro atoms. The fourth-order valence-electron chi connectivity index (χ4n) is 4.59. The van der Waals surface area contributed by atoms with Crippen molar-refractivity contribution in [2.45, 2.75) is 57.4 Å². The van der Waals surface area contributed by atoms with E-state index in [2.05, 4.69) is 44.1 Å². The molecule has 200 valence electrons. The molecule has 13 heteroatoms. The van der Waals surface area contributed by atoms with Crippen molar-refractivity contribution < 1.29 is 13.5 Å². The SMILES string of the molecule is CCC(C)n1nc(N2CC(C(C)O)C2)c2cnc(Nc3ccnc(-c4cnn(S(=O)(=O)C5CC5)c4)n3)cc21. The molecule has 0 bridgehead atoms. The molecule has 0 amide bonds. The molecule has 4 aromatic heterocycles. The first-order chi connectivity index (χ1) is 18.2. The number of anilines is 3. The summed E-state index contributed by atoms with van der Waals surface area (Å²) in [4.78, 5) is 15.7. The van der Waals surface area contributed by atoms with Gasteiger partial charge in [-0.15, -0.1) is 0 Å². The number of rotatable bonds is 9. The van der Waals surface area contributed by atoms with E-state index in [-0.39, 0.29) is 23.3 Å². The molecular formula is C25H31N9O3S. The lowest BCUT2D eigenvalue weighted by molar-refractivity contribution is 0.107. The highest BCUT2D eigenvalue weighted by atomic mass is 32.2. The van der Waals surface area contributed by atoms with E-state index in [1.165, 1.54) is 12.4 Å². The highest BCUT2D eigenvalue weighted by Crippen LogP contribution is 2.35. The lowest BCUT2D eigenvalue weighted by Crippen LogP contribution is -2.51. The fraction of sp³-hybridized carbons (Fsp3) is 0.480. The summed E-state index contributed by atoms with van der Waals surface area (Å²) >= 11 is 0. The minimum absolute atomic E-state index is 0.199. The number of hydrogen-bond donors (Lipinski definition) is 2. The second-order valence-corrected chi connectivity index (χ2v) is 12.3. The molecule has 6 rings (SSSR count). The van der Waals surface area contributed by atoms with Crippen molar-refractivity contribution in [3.05, 3.63) is 36.9 Å². The normalized spacial score (nSPS) is 17.9. The van der Waals surface area contributed by atoms with Gasteiger partial charge in [0.25, 0.3) is 10.0 Å². The molecule has 1 saturated heterocycles. The van der Waals surface area contributed by atoms with Crippen molar-refractivity contribution in [2.75, 3.05) is 23.3 Å². The summed E-state index contributed by atoms with van der Waals surface area (Å²) in [6.07, 6.45) is 8.29. The third kappa shape index (κ3) is 4.39. The maximum absolute atomic E-state index is 12.5. The molecule has 0 aromatic carbocycles. The Hall–Kier alpha value is -3.58. The van der Waals surface area contributed by atoms with E-state index in [9.17, 15) is 13.5 Å². The fourth-order valence-corrected chi connectivity index (χ4v) is 6.07. The van der Waals surface area contributed by atoms with E-state index >= 15 is 0 Å². The van der Waals surface area contributed by atoms with Crippen molar-refractivity contribution in [3.8, 4) is 11.4 Å². The van der Waals surface area contributed by atoms with Gasteiger partial charge in [0.1, 0.15) is 11.6 Å². The summed E-state index contributed by atoms with van der Waals surface area (Å²) in [6, 6.07) is 3.89. The Balaban J connectivity index is 1.27. The predicted octanol–water partition coefficient (Wildman–Crippen LogP) is 2.96. The van der Waals surface area contributed by atoms with Crippen molar-refractivity contribution in [2.24, 2.45) is 5.92 Å². The zero-order chi connectivity index (χ0) is 26.6. The van der Waals surface area contributed by atoms with Crippen LogP contribution in [-0.2, 0) is 10.0 Å². The smallest absolute Gasteiger partial charge is 0.256 e. The zero-order valence-electron chi connectivity index (χ0n) is 21.6. The summed E-state index contributed by atoms with van der Waals surface area (Å²) < 4.78 is 28.0. The van der Waals surface area contributed by atoms with Gasteiger partial charge in [-0.25, -0.2) is 23.4 Å². The summed E-state index contributed by atoms with van der Waals surface area (Å²) in [5, 5.41) is 22.7. The van der Waals surface area contributed by atoms with Crippen LogP contribution in [0.3, 0.4) is 0 Å². The van der Waals surface area contributed by atoms with Crippen LogP contribution in [0.4, 0.5) is 17.5 Å². The van der Waals surface area contributed by atoms with Gasteiger partial charge in [0.05, 0.1) is 40.2 Å². The number of nitrogens with zero attached hydrogens (tertiary/aromatic N) is 8. The van der Waals surface area contributed by atoms with Crippen LogP contribution in [0.1, 0.15) is 46.1 Å². The first-order valence-corrected chi connectivity index (χ1v) is 14.5. The Morgan fingerprint density at radius 1 is 1.16 bits per heavy atom. The molecule has 1 aliphatic heterocycles. The van der Waals surface area contributed by atoms with E-state index in [0.29, 0.717) is 35.9 Å². The third-order valence-electron chi connectivity index (χ3n) is 7.41. The van der Waals surface area contributed by atoms with Crippen molar-refractivity contribution in [3.63, 3.8) is 0 Å². The zero-order valence-corrected chi connectivity index (χ0v) is 22.4. The largest absolute Gasteiger partial charge is 0.393 e. The van der Waals surface area contributed by atoms with Gasteiger partial charge in [0.2, 0.25) is 0 Å². The Bertz CT molecular complexity index is 1590. The number of fused-ring (bicyclic) bond motifs is 1. The molecular weight excluding hydrogens is 506 g/mol. The average molecular weight is 538 g/mol. The lowest BCUT2D eigenvalue weighted by Gasteiger charge is -2.41. The third-order valence-corrected chi connectivity index (χ3v) is 9.44. The highest BCUT2D eigenvalue weighted by molar-refractivity contribution is 7.90. The van der Waals surface area contributed by atoms with Crippen molar-refractivity contribution in [1.29, 1.82) is 0 Å². The molecule has 0 radical (unpaired) electrons. The summed E-state index contributed by atoms with van der Waals surface area (Å²) in [5.41, 5.74) is 1.49. The molecule has 1 aliphatic carbocycles. The van der Waals surface area contributed by atoms with Gasteiger partial charge >= 0.3 is 0 Å². The molecule has 2 atom stereocenters. The van der Waals surface area contributed by atoms with E-state index in [0.717, 1.165) is 40.3 Å². The van der Waals surface area contributed by atoms with Crippen molar-refractivity contribution in [1.82, 2.24) is 33.9 Å². The van der Waals surface area contributed by atoms with Crippen LogP contribution in [0, 0.1) is 5.92 Å². The number of aromatic nitrogens is 7. The molecule has 1 saturated carbocycles. The van der Waals surface area contributed by atoms with Gasteiger partial charge in [-0.3, -0.25) is 4.68 Å². The number of hydrogen-bond acceptors (Lipinski definition) is 10. The average Bonchev–Trinajstić information content (AvgIpc) is 3.51. The molecule has 2 unspecified atom stereocenters. The van der Waals surface area contributed by atoms with Gasteiger partial charge in [0.15, 0.2) is 11.6 Å². The molecule has 38 heavy (non-hydrogen) atoms. The van der Waals surface area contributed by atoms with Gasteiger partial charge in [-0.05, 0) is 39.2 Å². The Morgan fingerprint density at radius 3 is 2.66 bits per heavy atom. The van der Waals surface area contributed by atoms with Crippen LogP contribution >= 0.6 is 0 Å². The van der Waals surface area contributed by atoms with Gasteiger partial charge < -0.3 is 15.3 Å². The standard InChI is InChI=1S/C25H31N9O3S/c1-4-15(2)34-21-9-23(27-11-20(21)25(31-34)32-12-18(13-32)16(3)35)29-22-7-8-26-24(30-22)17-10-28-33(14-17)38(36,37)19-5-6-19/h7-11,14-16,18-19,35H,4-6,12-13H2,1-3H3,(H,26,27,29,30). The van der Waals surface area contributed by atoms with Gasteiger partial charge in [0, 0.05) is 43.5 Å². The van der Waals surface area contributed by atoms with E-state index in [4.69, 9.17) is 5.10 Å². The molecule has 2 aliphatic rings. The number of nitrogens with one attached hydrogen (secondary N) is 1. The second kappa shape index (κ2) is 9.31.